The van der Waals surface area contributed by atoms with Crippen molar-refractivity contribution in [1.82, 2.24) is 15.0 Å². The van der Waals surface area contributed by atoms with Crippen LogP contribution >= 0.6 is 0 Å². The minimum atomic E-state index is 0.403. The number of nitrogens with two attached hydrogens (primary N) is 1. The van der Waals surface area contributed by atoms with Crippen molar-refractivity contribution >= 4 is 0 Å². The lowest BCUT2D eigenvalue weighted by Crippen LogP contribution is -2.10. The van der Waals surface area contributed by atoms with Crippen LogP contribution in [0.15, 0.2) is 24.3 Å². The van der Waals surface area contributed by atoms with Gasteiger partial charge < -0.3 is 10.5 Å². The number of ether oxygens (including phenoxy) is 1. The van der Waals surface area contributed by atoms with Gasteiger partial charge in [0.05, 0.1) is 18.0 Å². The van der Waals surface area contributed by atoms with E-state index in [0.29, 0.717) is 19.1 Å². The maximum absolute atomic E-state index is 5.82. The van der Waals surface area contributed by atoms with Crippen molar-refractivity contribution in [2.45, 2.75) is 40.2 Å². The highest BCUT2D eigenvalue weighted by atomic mass is 16.5. The average Bonchev–Trinajstić information content (AvgIpc) is 2.87. The molecule has 0 aliphatic rings. The minimum absolute atomic E-state index is 0.403. The Labute approximate surface area is 126 Å². The van der Waals surface area contributed by atoms with Gasteiger partial charge in [-0.2, -0.15) is 0 Å². The molecule has 2 rings (SSSR count). The van der Waals surface area contributed by atoms with Gasteiger partial charge in [-0.3, -0.25) is 0 Å². The molecule has 21 heavy (non-hydrogen) atoms. The molecule has 0 atom stereocenters. The fourth-order valence-corrected chi connectivity index (χ4v) is 2.24. The van der Waals surface area contributed by atoms with Gasteiger partial charge in [-0.1, -0.05) is 38.1 Å². The van der Waals surface area contributed by atoms with E-state index in [-0.39, 0.29) is 0 Å². The Balaban J connectivity index is 2.44. The zero-order chi connectivity index (χ0) is 15.2. The Bertz CT molecular complexity index is 577. The van der Waals surface area contributed by atoms with Gasteiger partial charge in [-0.05, 0) is 30.9 Å². The quantitative estimate of drug-likeness (QED) is 0.850. The number of hydrogen-bond donors (Lipinski definition) is 1. The fourth-order valence-electron chi connectivity index (χ4n) is 2.24. The standard InChI is InChI=1S/C16H24N4O/c1-4-9-21-16-8-6-5-7-14(16)20-15(10-12(2)3)13(11-17)18-19-20/h5-8,12H,4,9-11,17H2,1-3H3. The molecule has 0 unspecified atom stereocenters. The van der Waals surface area contributed by atoms with Crippen LogP contribution in [0, 0.1) is 5.92 Å². The number of rotatable bonds is 7. The van der Waals surface area contributed by atoms with E-state index in [0.717, 1.165) is 35.7 Å². The van der Waals surface area contributed by atoms with Crippen molar-refractivity contribution in [3.8, 4) is 11.4 Å². The average molecular weight is 288 g/mol. The summed E-state index contributed by atoms with van der Waals surface area (Å²) in [5, 5.41) is 8.50. The zero-order valence-electron chi connectivity index (χ0n) is 13.0. The zero-order valence-corrected chi connectivity index (χ0v) is 13.0. The monoisotopic (exact) mass is 288 g/mol. The van der Waals surface area contributed by atoms with E-state index >= 15 is 0 Å². The number of nitrogens with zero attached hydrogens (tertiary/aromatic N) is 3. The van der Waals surface area contributed by atoms with E-state index in [1.54, 1.807) is 0 Å². The molecule has 0 radical (unpaired) electrons. The predicted octanol–water partition coefficient (Wildman–Crippen LogP) is 2.71. The Hall–Kier alpha value is -1.88. The van der Waals surface area contributed by atoms with Gasteiger partial charge in [0.15, 0.2) is 0 Å². The van der Waals surface area contributed by atoms with Crippen LogP contribution in [0.4, 0.5) is 0 Å². The third-order valence-corrected chi connectivity index (χ3v) is 3.19. The van der Waals surface area contributed by atoms with E-state index in [1.807, 2.05) is 28.9 Å². The van der Waals surface area contributed by atoms with Crippen molar-refractivity contribution in [3.05, 3.63) is 35.7 Å². The normalized spacial score (nSPS) is 11.1. The van der Waals surface area contributed by atoms with E-state index in [1.165, 1.54) is 0 Å². The largest absolute Gasteiger partial charge is 0.491 e. The summed E-state index contributed by atoms with van der Waals surface area (Å²) in [7, 11) is 0. The lowest BCUT2D eigenvalue weighted by atomic mass is 10.1. The molecule has 1 heterocycles. The first-order chi connectivity index (χ1) is 10.2. The summed E-state index contributed by atoms with van der Waals surface area (Å²) in [5.74, 6) is 1.34. The van der Waals surface area contributed by atoms with Crippen LogP contribution in [-0.2, 0) is 13.0 Å². The molecule has 0 aliphatic carbocycles. The van der Waals surface area contributed by atoms with Crippen LogP contribution in [-0.4, -0.2) is 21.6 Å². The Morgan fingerprint density at radius 1 is 1.29 bits per heavy atom. The molecule has 2 aromatic rings. The van der Waals surface area contributed by atoms with Crippen LogP contribution < -0.4 is 10.5 Å². The maximum Gasteiger partial charge on any atom is 0.145 e. The maximum atomic E-state index is 5.82. The first kappa shape index (κ1) is 15.5. The molecular weight excluding hydrogens is 264 g/mol. The second kappa shape index (κ2) is 7.22. The van der Waals surface area contributed by atoms with Gasteiger partial charge in [0.1, 0.15) is 11.4 Å². The van der Waals surface area contributed by atoms with Crippen LogP contribution in [0.2, 0.25) is 0 Å². The highest BCUT2D eigenvalue weighted by molar-refractivity contribution is 5.47. The highest BCUT2D eigenvalue weighted by Crippen LogP contribution is 2.25. The molecule has 0 amide bonds. The number of aromatic nitrogens is 3. The molecule has 0 aliphatic heterocycles. The number of benzene rings is 1. The topological polar surface area (TPSA) is 66.0 Å². The lowest BCUT2D eigenvalue weighted by molar-refractivity contribution is 0.315. The lowest BCUT2D eigenvalue weighted by Gasteiger charge is -2.14. The van der Waals surface area contributed by atoms with Crippen molar-refractivity contribution < 1.29 is 4.74 Å². The number of hydrogen-bond acceptors (Lipinski definition) is 4. The second-order valence-corrected chi connectivity index (χ2v) is 5.51. The van der Waals surface area contributed by atoms with Crippen LogP contribution in [0.25, 0.3) is 5.69 Å². The molecule has 0 spiro atoms. The van der Waals surface area contributed by atoms with E-state index in [4.69, 9.17) is 10.5 Å². The Kier molecular flexibility index (Phi) is 5.33. The first-order valence-corrected chi connectivity index (χ1v) is 7.53. The molecule has 0 fully saturated rings. The summed E-state index contributed by atoms with van der Waals surface area (Å²) >= 11 is 0. The molecule has 0 saturated heterocycles. The summed E-state index contributed by atoms with van der Waals surface area (Å²) in [6.07, 6.45) is 1.86. The number of para-hydroxylation sites is 2. The Morgan fingerprint density at radius 2 is 2.05 bits per heavy atom. The molecule has 1 aromatic heterocycles. The van der Waals surface area contributed by atoms with Crippen molar-refractivity contribution in [2.24, 2.45) is 11.7 Å². The van der Waals surface area contributed by atoms with Crippen LogP contribution in [0.3, 0.4) is 0 Å². The minimum Gasteiger partial charge on any atom is -0.491 e. The summed E-state index contributed by atoms with van der Waals surface area (Å²) in [5.41, 5.74) is 8.64. The summed E-state index contributed by atoms with van der Waals surface area (Å²) in [6, 6.07) is 7.92. The molecule has 1 aromatic carbocycles. The smallest absolute Gasteiger partial charge is 0.145 e. The van der Waals surface area contributed by atoms with E-state index in [9.17, 15) is 0 Å². The SMILES string of the molecule is CCCOc1ccccc1-n1nnc(CN)c1CC(C)C. The molecule has 5 nitrogen and oxygen atoms in total. The van der Waals surface area contributed by atoms with Gasteiger partial charge in [-0.25, -0.2) is 4.68 Å². The molecule has 0 bridgehead atoms. The summed E-state index contributed by atoms with van der Waals surface area (Å²) in [6.45, 7) is 7.54. The third-order valence-electron chi connectivity index (χ3n) is 3.19. The molecule has 0 saturated carbocycles. The first-order valence-electron chi connectivity index (χ1n) is 7.53. The van der Waals surface area contributed by atoms with Gasteiger partial charge in [0.2, 0.25) is 0 Å². The highest BCUT2D eigenvalue weighted by Gasteiger charge is 2.17. The van der Waals surface area contributed by atoms with Crippen molar-refractivity contribution in [1.29, 1.82) is 0 Å². The molecular formula is C16H24N4O. The van der Waals surface area contributed by atoms with E-state index < -0.39 is 0 Å². The second-order valence-electron chi connectivity index (χ2n) is 5.51. The van der Waals surface area contributed by atoms with Crippen molar-refractivity contribution in [2.75, 3.05) is 6.61 Å². The van der Waals surface area contributed by atoms with E-state index in [2.05, 4.69) is 31.1 Å². The molecule has 5 heteroatoms. The summed E-state index contributed by atoms with van der Waals surface area (Å²) < 4.78 is 7.69. The third kappa shape index (κ3) is 3.61. The molecule has 2 N–H and O–H groups in total. The molecule has 114 valence electrons. The summed E-state index contributed by atoms with van der Waals surface area (Å²) in [4.78, 5) is 0. The van der Waals surface area contributed by atoms with Gasteiger partial charge in [0.25, 0.3) is 0 Å². The fraction of sp³-hybridized carbons (Fsp3) is 0.500. The Morgan fingerprint density at radius 3 is 2.71 bits per heavy atom. The van der Waals surface area contributed by atoms with Crippen LogP contribution in [0.1, 0.15) is 38.6 Å². The van der Waals surface area contributed by atoms with Gasteiger partial charge in [-0.15, -0.1) is 5.10 Å². The van der Waals surface area contributed by atoms with Crippen molar-refractivity contribution in [3.63, 3.8) is 0 Å². The predicted molar refractivity (Wildman–Crippen MR) is 83.6 cm³/mol. The van der Waals surface area contributed by atoms with Crippen LogP contribution in [0.5, 0.6) is 5.75 Å². The van der Waals surface area contributed by atoms with Gasteiger partial charge >= 0.3 is 0 Å². The van der Waals surface area contributed by atoms with Gasteiger partial charge in [0, 0.05) is 6.54 Å².